The largest absolute Gasteiger partial charge is 0.314 e. The van der Waals surface area contributed by atoms with E-state index in [1.165, 1.54) is 38.8 Å². The summed E-state index contributed by atoms with van der Waals surface area (Å²) in [6.45, 7) is 5.93. The second-order valence-electron chi connectivity index (χ2n) is 6.56. The van der Waals surface area contributed by atoms with Crippen LogP contribution in [0.3, 0.4) is 0 Å². The molecule has 1 heterocycles. The molecule has 1 N–H and O–H groups in total. The van der Waals surface area contributed by atoms with Gasteiger partial charge in [-0.1, -0.05) is 24.3 Å². The van der Waals surface area contributed by atoms with E-state index in [0.717, 1.165) is 12.5 Å². The summed E-state index contributed by atoms with van der Waals surface area (Å²) in [7, 11) is 2.10. The number of likely N-dealkylation sites (tertiary alicyclic amines) is 1. The molecule has 2 nitrogen and oxygen atoms in total. The maximum absolute atomic E-state index is 3.48. The van der Waals surface area contributed by atoms with Gasteiger partial charge in [-0.2, -0.15) is 0 Å². The Morgan fingerprint density at radius 2 is 1.89 bits per heavy atom. The second kappa shape index (κ2) is 5.26. The minimum Gasteiger partial charge on any atom is -0.314 e. The molecule has 1 aromatic carbocycles. The smallest absolute Gasteiger partial charge is 0.0236 e. The maximum Gasteiger partial charge on any atom is 0.0236 e. The van der Waals surface area contributed by atoms with Gasteiger partial charge in [0, 0.05) is 25.2 Å². The van der Waals surface area contributed by atoms with Gasteiger partial charge in [-0.05, 0) is 56.7 Å². The predicted octanol–water partition coefficient (Wildman–Crippen LogP) is 3.14. The summed E-state index contributed by atoms with van der Waals surface area (Å²) >= 11 is 0. The molecule has 1 aliphatic heterocycles. The van der Waals surface area contributed by atoms with Gasteiger partial charge in [0.05, 0.1) is 0 Å². The summed E-state index contributed by atoms with van der Waals surface area (Å²) in [6, 6.07) is 9.07. The Bertz CT molecular complexity index is 429. The van der Waals surface area contributed by atoms with Gasteiger partial charge < -0.3 is 5.32 Å². The number of benzene rings is 1. The topological polar surface area (TPSA) is 15.3 Å². The van der Waals surface area contributed by atoms with Crippen molar-refractivity contribution < 1.29 is 0 Å². The Balaban J connectivity index is 1.63. The van der Waals surface area contributed by atoms with E-state index < -0.39 is 0 Å². The van der Waals surface area contributed by atoms with Gasteiger partial charge in [0.2, 0.25) is 0 Å². The summed E-state index contributed by atoms with van der Waals surface area (Å²) in [5.41, 5.74) is 3.54. The molecule has 3 rings (SSSR count). The fraction of sp³-hybridized carbons (Fsp3) is 0.647. The first-order valence-corrected chi connectivity index (χ1v) is 7.69. The number of rotatable bonds is 4. The van der Waals surface area contributed by atoms with E-state index in [0.29, 0.717) is 5.54 Å². The zero-order valence-electron chi connectivity index (χ0n) is 12.3. The van der Waals surface area contributed by atoms with Crippen molar-refractivity contribution in [3.8, 4) is 0 Å². The molecule has 0 radical (unpaired) electrons. The molecule has 0 aromatic heterocycles. The van der Waals surface area contributed by atoms with Crippen molar-refractivity contribution in [1.29, 1.82) is 0 Å². The average molecular weight is 258 g/mol. The summed E-state index contributed by atoms with van der Waals surface area (Å²) in [6.07, 6.45) is 5.31. The van der Waals surface area contributed by atoms with Crippen LogP contribution in [0.1, 0.15) is 49.7 Å². The van der Waals surface area contributed by atoms with Crippen LogP contribution in [0.15, 0.2) is 24.3 Å². The van der Waals surface area contributed by atoms with E-state index in [1.807, 2.05) is 0 Å². The van der Waals surface area contributed by atoms with Crippen molar-refractivity contribution in [3.05, 3.63) is 35.4 Å². The van der Waals surface area contributed by atoms with Crippen molar-refractivity contribution in [1.82, 2.24) is 10.2 Å². The highest BCUT2D eigenvalue weighted by atomic mass is 15.1. The van der Waals surface area contributed by atoms with Crippen molar-refractivity contribution in [2.24, 2.45) is 0 Å². The third-order valence-electron chi connectivity index (χ3n) is 5.03. The Kier molecular flexibility index (Phi) is 3.64. The lowest BCUT2D eigenvalue weighted by molar-refractivity contribution is 0.146. The van der Waals surface area contributed by atoms with Crippen LogP contribution in [0.4, 0.5) is 0 Å². The highest BCUT2D eigenvalue weighted by molar-refractivity contribution is 5.33. The summed E-state index contributed by atoms with van der Waals surface area (Å²) in [5, 5.41) is 3.48. The summed E-state index contributed by atoms with van der Waals surface area (Å²) in [4.78, 5) is 2.63. The first-order valence-electron chi connectivity index (χ1n) is 7.69. The molecule has 104 valence electrons. The number of nitrogens with one attached hydrogen (secondary N) is 1. The van der Waals surface area contributed by atoms with Crippen molar-refractivity contribution >= 4 is 0 Å². The molecule has 1 aliphatic carbocycles. The molecular weight excluding hydrogens is 232 g/mol. The zero-order valence-corrected chi connectivity index (χ0v) is 12.3. The molecule has 1 saturated carbocycles. The monoisotopic (exact) mass is 258 g/mol. The number of piperidine rings is 1. The van der Waals surface area contributed by atoms with Crippen molar-refractivity contribution in [3.63, 3.8) is 0 Å². The summed E-state index contributed by atoms with van der Waals surface area (Å²) < 4.78 is 0. The third-order valence-corrected chi connectivity index (χ3v) is 5.03. The lowest BCUT2D eigenvalue weighted by Crippen LogP contribution is -2.49. The Morgan fingerprint density at radius 3 is 2.53 bits per heavy atom. The van der Waals surface area contributed by atoms with Gasteiger partial charge in [0.25, 0.3) is 0 Å². The minimum absolute atomic E-state index is 0.354. The van der Waals surface area contributed by atoms with Crippen LogP contribution in [-0.2, 0) is 6.54 Å². The average Bonchev–Trinajstić information content (AvgIpc) is 3.27. The van der Waals surface area contributed by atoms with Crippen LogP contribution in [0.2, 0.25) is 0 Å². The fourth-order valence-corrected chi connectivity index (χ4v) is 3.17. The Labute approximate surface area is 117 Å². The fourth-order valence-electron chi connectivity index (χ4n) is 3.17. The number of nitrogens with zero attached hydrogens (tertiary/aromatic N) is 1. The van der Waals surface area contributed by atoms with E-state index in [-0.39, 0.29) is 0 Å². The molecule has 1 aromatic rings. The third kappa shape index (κ3) is 3.01. The van der Waals surface area contributed by atoms with Gasteiger partial charge in [0.15, 0.2) is 0 Å². The van der Waals surface area contributed by atoms with E-state index >= 15 is 0 Å². The van der Waals surface area contributed by atoms with Crippen LogP contribution in [-0.4, -0.2) is 30.6 Å². The molecule has 0 spiro atoms. The molecule has 0 unspecified atom stereocenters. The van der Waals surface area contributed by atoms with Gasteiger partial charge in [-0.15, -0.1) is 0 Å². The van der Waals surface area contributed by atoms with Crippen LogP contribution < -0.4 is 5.32 Å². The molecule has 2 aliphatic rings. The van der Waals surface area contributed by atoms with E-state index in [4.69, 9.17) is 0 Å². The molecule has 19 heavy (non-hydrogen) atoms. The first kappa shape index (κ1) is 13.1. The Hall–Kier alpha value is -0.860. The van der Waals surface area contributed by atoms with Gasteiger partial charge >= 0.3 is 0 Å². The summed E-state index contributed by atoms with van der Waals surface area (Å²) in [5.74, 6) is 0.864. The molecule has 2 fully saturated rings. The van der Waals surface area contributed by atoms with Crippen molar-refractivity contribution in [2.75, 3.05) is 20.1 Å². The van der Waals surface area contributed by atoms with Crippen LogP contribution in [0, 0.1) is 0 Å². The standard InChI is InChI=1S/C17H26N2/c1-17(18-2)9-11-19(12-10-17)13-15-5-3-4-6-16(15)14-7-8-14/h3-6,14,18H,7-13H2,1-2H3. The van der Waals surface area contributed by atoms with Gasteiger partial charge in [-0.25, -0.2) is 0 Å². The number of hydrogen-bond acceptors (Lipinski definition) is 2. The SMILES string of the molecule is CNC1(C)CCN(Cc2ccccc2C2CC2)CC1. The highest BCUT2D eigenvalue weighted by Gasteiger charge is 2.30. The molecule has 0 atom stereocenters. The van der Waals surface area contributed by atoms with Gasteiger partial charge in [0.1, 0.15) is 0 Å². The van der Waals surface area contributed by atoms with E-state index in [1.54, 1.807) is 11.1 Å². The molecular formula is C17H26N2. The highest BCUT2D eigenvalue weighted by Crippen LogP contribution is 2.42. The van der Waals surface area contributed by atoms with Crippen molar-refractivity contribution in [2.45, 2.75) is 50.6 Å². The lowest BCUT2D eigenvalue weighted by atomic mass is 9.89. The second-order valence-corrected chi connectivity index (χ2v) is 6.56. The van der Waals surface area contributed by atoms with Crippen LogP contribution in [0.5, 0.6) is 0 Å². The first-order chi connectivity index (χ1) is 9.20. The predicted molar refractivity (Wildman–Crippen MR) is 80.4 cm³/mol. The van der Waals surface area contributed by atoms with E-state index in [9.17, 15) is 0 Å². The van der Waals surface area contributed by atoms with E-state index in [2.05, 4.69) is 48.5 Å². The lowest BCUT2D eigenvalue weighted by Gasteiger charge is -2.39. The normalized spacial score (nSPS) is 23.5. The molecule has 0 bridgehead atoms. The molecule has 0 amide bonds. The van der Waals surface area contributed by atoms with Crippen LogP contribution in [0.25, 0.3) is 0 Å². The quantitative estimate of drug-likeness (QED) is 0.892. The molecule has 2 heteroatoms. The van der Waals surface area contributed by atoms with Gasteiger partial charge in [-0.3, -0.25) is 4.90 Å². The number of hydrogen-bond donors (Lipinski definition) is 1. The minimum atomic E-state index is 0.354. The van der Waals surface area contributed by atoms with Crippen LogP contribution >= 0.6 is 0 Å². The molecule has 1 saturated heterocycles. The maximum atomic E-state index is 3.48. The Morgan fingerprint density at radius 1 is 1.21 bits per heavy atom. The zero-order chi connectivity index (χ0) is 13.3.